The molecule has 9 heteroatoms. The molecule has 0 bridgehead atoms. The van der Waals surface area contributed by atoms with Crippen LogP contribution in [0, 0.1) is 10.1 Å². The summed E-state index contributed by atoms with van der Waals surface area (Å²) < 4.78 is 0. The molecule has 0 spiro atoms. The molecule has 1 aromatic rings. The van der Waals surface area contributed by atoms with Crippen LogP contribution in [0.25, 0.3) is 0 Å². The van der Waals surface area contributed by atoms with E-state index in [1.165, 1.54) is 4.90 Å². The molecule has 0 unspecified atom stereocenters. The third-order valence-corrected chi connectivity index (χ3v) is 3.45. The molecule has 0 atom stereocenters. The Hall–Kier alpha value is -2.55. The number of H-pyrrole nitrogens is 1. The SMILES string of the molecule is CC1(C)C(=O)NC(=O)CN1CC(=O)c1cc([N+](=O)[O-])c[nH]1. The maximum atomic E-state index is 12.1. The van der Waals surface area contributed by atoms with Crippen molar-refractivity contribution >= 4 is 23.3 Å². The van der Waals surface area contributed by atoms with Crippen LogP contribution >= 0.6 is 0 Å². The van der Waals surface area contributed by atoms with Crippen molar-refractivity contribution in [1.29, 1.82) is 0 Å². The number of piperazine rings is 1. The predicted molar refractivity (Wildman–Crippen MR) is 70.6 cm³/mol. The number of aromatic amines is 1. The minimum atomic E-state index is -1.01. The third kappa shape index (κ3) is 2.82. The highest BCUT2D eigenvalue weighted by Gasteiger charge is 2.41. The fourth-order valence-corrected chi connectivity index (χ4v) is 2.00. The summed E-state index contributed by atoms with van der Waals surface area (Å²) in [5.41, 5.74) is -1.16. The molecule has 1 saturated heterocycles. The van der Waals surface area contributed by atoms with Crippen molar-refractivity contribution in [1.82, 2.24) is 15.2 Å². The number of nitrogens with one attached hydrogen (secondary N) is 2. The number of rotatable bonds is 4. The average Bonchev–Trinajstić information content (AvgIpc) is 2.85. The smallest absolute Gasteiger partial charge is 0.287 e. The minimum absolute atomic E-state index is 0.0657. The first-order valence-electron chi connectivity index (χ1n) is 6.17. The van der Waals surface area contributed by atoms with Gasteiger partial charge < -0.3 is 4.98 Å². The van der Waals surface area contributed by atoms with Gasteiger partial charge in [0.25, 0.3) is 5.69 Å². The molecular formula is C12H14N4O5. The fraction of sp³-hybridized carbons (Fsp3) is 0.417. The second-order valence-corrected chi connectivity index (χ2v) is 5.24. The molecule has 1 aliphatic rings. The maximum Gasteiger partial charge on any atom is 0.287 e. The van der Waals surface area contributed by atoms with E-state index in [9.17, 15) is 24.5 Å². The number of carbonyl (C=O) groups excluding carboxylic acids is 3. The first-order valence-corrected chi connectivity index (χ1v) is 6.17. The summed E-state index contributed by atoms with van der Waals surface area (Å²) in [7, 11) is 0. The van der Waals surface area contributed by atoms with Gasteiger partial charge in [-0.15, -0.1) is 0 Å². The van der Waals surface area contributed by atoms with E-state index in [-0.39, 0.29) is 24.5 Å². The van der Waals surface area contributed by atoms with Gasteiger partial charge in [-0.1, -0.05) is 0 Å². The molecular weight excluding hydrogens is 280 g/mol. The highest BCUT2D eigenvalue weighted by molar-refractivity contribution is 6.04. The van der Waals surface area contributed by atoms with Gasteiger partial charge in [0.05, 0.1) is 35.4 Å². The molecule has 112 valence electrons. The molecule has 9 nitrogen and oxygen atoms in total. The number of hydrogen-bond donors (Lipinski definition) is 2. The van der Waals surface area contributed by atoms with Crippen LogP contribution in [0.3, 0.4) is 0 Å². The van der Waals surface area contributed by atoms with Crippen LogP contribution in [-0.2, 0) is 9.59 Å². The number of ketones is 1. The summed E-state index contributed by atoms with van der Waals surface area (Å²) in [5, 5.41) is 12.8. The van der Waals surface area contributed by atoms with E-state index >= 15 is 0 Å². The summed E-state index contributed by atoms with van der Waals surface area (Å²) in [6.45, 7) is 2.91. The summed E-state index contributed by atoms with van der Waals surface area (Å²) in [6.07, 6.45) is 1.12. The van der Waals surface area contributed by atoms with Gasteiger partial charge in [-0.2, -0.15) is 0 Å². The van der Waals surface area contributed by atoms with Gasteiger partial charge in [-0.05, 0) is 13.8 Å². The number of nitro groups is 1. The summed E-state index contributed by atoms with van der Waals surface area (Å²) >= 11 is 0. The normalized spacial score (nSPS) is 18.4. The standard InChI is InChI=1S/C12H14N4O5/c1-12(2)11(19)14-10(18)6-15(12)5-9(17)8-3-7(4-13-8)16(20)21/h3-4,13H,5-6H2,1-2H3,(H,14,18,19). The Kier molecular flexibility index (Phi) is 3.60. The Balaban J connectivity index is 2.15. The molecule has 2 N–H and O–H groups in total. The van der Waals surface area contributed by atoms with E-state index < -0.39 is 28.1 Å². The summed E-state index contributed by atoms with van der Waals surface area (Å²) in [4.78, 5) is 49.2. The first-order chi connectivity index (χ1) is 9.71. The molecule has 0 radical (unpaired) electrons. The van der Waals surface area contributed by atoms with Gasteiger partial charge in [0.2, 0.25) is 11.8 Å². The molecule has 0 aliphatic carbocycles. The van der Waals surface area contributed by atoms with Gasteiger partial charge in [-0.3, -0.25) is 34.7 Å². The Morgan fingerprint density at radius 3 is 2.71 bits per heavy atom. The van der Waals surface area contributed by atoms with Crippen LogP contribution < -0.4 is 5.32 Å². The molecule has 1 aliphatic heterocycles. The van der Waals surface area contributed by atoms with Crippen molar-refractivity contribution in [2.24, 2.45) is 0 Å². The Morgan fingerprint density at radius 1 is 1.48 bits per heavy atom. The first kappa shape index (κ1) is 14.9. The highest BCUT2D eigenvalue weighted by atomic mass is 16.6. The third-order valence-electron chi connectivity index (χ3n) is 3.45. The minimum Gasteiger partial charge on any atom is -0.353 e. The van der Waals surface area contributed by atoms with Gasteiger partial charge in [0.15, 0.2) is 5.78 Å². The summed E-state index contributed by atoms with van der Waals surface area (Å²) in [6, 6.07) is 1.13. The molecule has 0 aromatic carbocycles. The van der Waals surface area contributed by atoms with Gasteiger partial charge in [0.1, 0.15) is 0 Å². The topological polar surface area (TPSA) is 125 Å². The molecule has 2 amide bonds. The van der Waals surface area contributed by atoms with E-state index in [1.54, 1.807) is 13.8 Å². The van der Waals surface area contributed by atoms with Crippen LogP contribution in [0.15, 0.2) is 12.3 Å². The van der Waals surface area contributed by atoms with Crippen molar-refractivity contribution in [3.8, 4) is 0 Å². The lowest BCUT2D eigenvalue weighted by atomic mass is 9.98. The number of nitrogens with zero attached hydrogens (tertiary/aromatic N) is 2. The Labute approximate surface area is 119 Å². The zero-order valence-electron chi connectivity index (χ0n) is 11.5. The lowest BCUT2D eigenvalue weighted by Gasteiger charge is -2.39. The number of imide groups is 1. The van der Waals surface area contributed by atoms with Crippen molar-refractivity contribution in [2.45, 2.75) is 19.4 Å². The van der Waals surface area contributed by atoms with E-state index in [0.29, 0.717) is 0 Å². The number of aromatic nitrogens is 1. The molecule has 1 fully saturated rings. The zero-order chi connectivity index (χ0) is 15.8. The Morgan fingerprint density at radius 2 is 2.14 bits per heavy atom. The number of Topliss-reactive ketones (excluding diaryl/α,β-unsaturated/α-hetero) is 1. The largest absolute Gasteiger partial charge is 0.353 e. The van der Waals surface area contributed by atoms with E-state index in [2.05, 4.69) is 10.3 Å². The van der Waals surface area contributed by atoms with E-state index in [4.69, 9.17) is 0 Å². The van der Waals surface area contributed by atoms with Crippen molar-refractivity contribution in [3.63, 3.8) is 0 Å². The van der Waals surface area contributed by atoms with Crippen molar-refractivity contribution in [3.05, 3.63) is 28.1 Å². The van der Waals surface area contributed by atoms with Gasteiger partial charge >= 0.3 is 0 Å². The van der Waals surface area contributed by atoms with Gasteiger partial charge in [0, 0.05) is 6.07 Å². The zero-order valence-corrected chi connectivity index (χ0v) is 11.5. The summed E-state index contributed by atoms with van der Waals surface area (Å²) in [5.74, 6) is -1.40. The van der Waals surface area contributed by atoms with E-state index in [0.717, 1.165) is 12.3 Å². The monoisotopic (exact) mass is 294 g/mol. The fourth-order valence-electron chi connectivity index (χ4n) is 2.00. The second-order valence-electron chi connectivity index (χ2n) is 5.24. The molecule has 2 heterocycles. The van der Waals surface area contributed by atoms with Crippen LogP contribution in [0.1, 0.15) is 24.3 Å². The highest BCUT2D eigenvalue weighted by Crippen LogP contribution is 2.19. The van der Waals surface area contributed by atoms with E-state index in [1.807, 2.05) is 0 Å². The number of carbonyl (C=O) groups is 3. The lowest BCUT2D eigenvalue weighted by Crippen LogP contribution is -2.64. The average molecular weight is 294 g/mol. The van der Waals surface area contributed by atoms with Crippen LogP contribution in [-0.4, -0.2) is 51.0 Å². The maximum absolute atomic E-state index is 12.1. The van der Waals surface area contributed by atoms with Crippen LogP contribution in [0.2, 0.25) is 0 Å². The van der Waals surface area contributed by atoms with Crippen molar-refractivity contribution < 1.29 is 19.3 Å². The molecule has 21 heavy (non-hydrogen) atoms. The molecule has 0 saturated carbocycles. The number of amides is 2. The van der Waals surface area contributed by atoms with Crippen LogP contribution in [0.4, 0.5) is 5.69 Å². The van der Waals surface area contributed by atoms with Crippen molar-refractivity contribution in [2.75, 3.05) is 13.1 Å². The lowest BCUT2D eigenvalue weighted by molar-refractivity contribution is -0.384. The number of hydrogen-bond acceptors (Lipinski definition) is 6. The molecule has 2 rings (SSSR count). The Bertz CT molecular complexity index is 633. The molecule has 1 aromatic heterocycles. The van der Waals surface area contributed by atoms with Crippen LogP contribution in [0.5, 0.6) is 0 Å². The predicted octanol–water partition coefficient (Wildman–Crippen LogP) is -0.157. The second kappa shape index (κ2) is 5.09. The van der Waals surface area contributed by atoms with Gasteiger partial charge in [-0.25, -0.2) is 0 Å². The quantitative estimate of drug-likeness (QED) is 0.344.